The quantitative estimate of drug-likeness (QED) is 0.332. The standard InChI is InChI=1S/C25H23BrN4OS/c1-16-14-21(17(2)29(16)15-20-6-5-13-31-20)24-23(22-7-3-4-12-27-22)28-25(32)30(24)19-10-8-18(26)9-11-19/h3-14,23-24H,15H2,1-2H3,(H,28,32)/t23-,24+/m0/s1. The van der Waals surface area contributed by atoms with Crippen molar-refractivity contribution >= 4 is 38.9 Å². The highest BCUT2D eigenvalue weighted by Crippen LogP contribution is 2.43. The van der Waals surface area contributed by atoms with Gasteiger partial charge < -0.3 is 19.2 Å². The molecular formula is C25H23BrN4OS. The lowest BCUT2D eigenvalue weighted by atomic mass is 9.96. The van der Waals surface area contributed by atoms with Gasteiger partial charge in [0.05, 0.1) is 30.6 Å². The fraction of sp³-hybridized carbons (Fsp3) is 0.200. The normalized spacial score (nSPS) is 18.2. The van der Waals surface area contributed by atoms with Gasteiger partial charge in [0.15, 0.2) is 5.11 Å². The van der Waals surface area contributed by atoms with E-state index in [1.54, 1.807) is 6.26 Å². The minimum atomic E-state index is -0.0649. The highest BCUT2D eigenvalue weighted by molar-refractivity contribution is 9.10. The smallest absolute Gasteiger partial charge is 0.174 e. The van der Waals surface area contributed by atoms with Crippen molar-refractivity contribution in [2.45, 2.75) is 32.5 Å². The van der Waals surface area contributed by atoms with Crippen molar-refractivity contribution in [1.29, 1.82) is 0 Å². The minimum absolute atomic E-state index is 0.0323. The van der Waals surface area contributed by atoms with E-state index >= 15 is 0 Å². The van der Waals surface area contributed by atoms with Crippen molar-refractivity contribution in [3.8, 4) is 0 Å². The molecule has 1 fully saturated rings. The molecule has 7 heteroatoms. The number of pyridine rings is 1. The van der Waals surface area contributed by atoms with Crippen molar-refractivity contribution in [2.24, 2.45) is 0 Å². The second-order valence-corrected chi connectivity index (χ2v) is 9.27. The van der Waals surface area contributed by atoms with Crippen molar-refractivity contribution in [3.05, 3.63) is 106 Å². The maximum absolute atomic E-state index is 5.84. The molecule has 0 radical (unpaired) electrons. The predicted octanol–water partition coefficient (Wildman–Crippen LogP) is 6.08. The molecule has 5 nitrogen and oxygen atoms in total. The number of anilines is 1. The van der Waals surface area contributed by atoms with E-state index in [2.05, 4.69) is 73.8 Å². The van der Waals surface area contributed by atoms with Gasteiger partial charge in [-0.05, 0) is 86.2 Å². The van der Waals surface area contributed by atoms with Gasteiger partial charge in [-0.1, -0.05) is 22.0 Å². The summed E-state index contributed by atoms with van der Waals surface area (Å²) in [5.41, 5.74) is 5.61. The zero-order valence-electron chi connectivity index (χ0n) is 17.8. The van der Waals surface area contributed by atoms with E-state index in [0.717, 1.165) is 21.6 Å². The predicted molar refractivity (Wildman–Crippen MR) is 134 cm³/mol. The molecule has 1 aromatic carbocycles. The number of halogens is 1. The zero-order chi connectivity index (χ0) is 22.2. The third-order valence-electron chi connectivity index (χ3n) is 6.03. The summed E-state index contributed by atoms with van der Waals surface area (Å²) in [5.74, 6) is 0.935. The summed E-state index contributed by atoms with van der Waals surface area (Å²) < 4.78 is 8.94. The second kappa shape index (κ2) is 8.56. The van der Waals surface area contributed by atoms with Crippen molar-refractivity contribution in [1.82, 2.24) is 14.9 Å². The molecule has 0 unspecified atom stereocenters. The molecule has 0 aliphatic carbocycles. The van der Waals surface area contributed by atoms with Crippen LogP contribution in [0.5, 0.6) is 0 Å². The molecule has 4 aromatic rings. The molecule has 162 valence electrons. The fourth-order valence-corrected chi connectivity index (χ4v) is 5.09. The Balaban J connectivity index is 1.62. The van der Waals surface area contributed by atoms with E-state index in [-0.39, 0.29) is 12.1 Å². The number of nitrogens with zero attached hydrogens (tertiary/aromatic N) is 3. The molecule has 1 saturated heterocycles. The molecule has 0 spiro atoms. The molecule has 32 heavy (non-hydrogen) atoms. The van der Waals surface area contributed by atoms with Gasteiger partial charge in [-0.3, -0.25) is 4.98 Å². The van der Waals surface area contributed by atoms with Crippen LogP contribution in [0.3, 0.4) is 0 Å². The number of thiocarbonyl (C=S) groups is 1. The SMILES string of the molecule is Cc1cc([C@@H]2[C@H](c3ccccn3)NC(=S)N2c2ccc(Br)cc2)c(C)n1Cc1ccco1. The van der Waals surface area contributed by atoms with Crippen LogP contribution in [0.1, 0.15) is 40.5 Å². The Hall–Kier alpha value is -2.90. The number of hydrogen-bond donors (Lipinski definition) is 1. The highest BCUT2D eigenvalue weighted by atomic mass is 79.9. The van der Waals surface area contributed by atoms with Crippen LogP contribution in [0.2, 0.25) is 0 Å². The Kier molecular flexibility index (Phi) is 5.61. The van der Waals surface area contributed by atoms with Crippen molar-refractivity contribution in [2.75, 3.05) is 4.90 Å². The van der Waals surface area contributed by atoms with Gasteiger partial charge >= 0.3 is 0 Å². The van der Waals surface area contributed by atoms with Crippen molar-refractivity contribution < 1.29 is 4.42 Å². The number of benzene rings is 1. The number of furan rings is 1. The van der Waals surface area contributed by atoms with E-state index < -0.39 is 0 Å². The first-order valence-corrected chi connectivity index (χ1v) is 11.7. The highest BCUT2D eigenvalue weighted by Gasteiger charge is 2.42. The Morgan fingerprint density at radius 3 is 2.59 bits per heavy atom. The summed E-state index contributed by atoms with van der Waals surface area (Å²) in [4.78, 5) is 6.86. The molecule has 2 atom stereocenters. The van der Waals surface area contributed by atoms with E-state index in [4.69, 9.17) is 16.6 Å². The van der Waals surface area contributed by atoms with Gasteiger partial charge in [0.25, 0.3) is 0 Å². The van der Waals surface area contributed by atoms with Gasteiger partial charge in [0.1, 0.15) is 5.76 Å². The number of nitrogens with one attached hydrogen (secondary N) is 1. The van der Waals surface area contributed by atoms with Gasteiger partial charge in [-0.2, -0.15) is 0 Å². The molecular weight excluding hydrogens is 484 g/mol. The van der Waals surface area contributed by atoms with Gasteiger partial charge in [-0.25, -0.2) is 0 Å². The van der Waals surface area contributed by atoms with E-state index in [9.17, 15) is 0 Å². The van der Waals surface area contributed by atoms with Crippen LogP contribution < -0.4 is 10.2 Å². The minimum Gasteiger partial charge on any atom is -0.467 e. The summed E-state index contributed by atoms with van der Waals surface area (Å²) in [6.07, 6.45) is 3.55. The van der Waals surface area contributed by atoms with E-state index in [1.807, 2.05) is 42.6 Å². The summed E-state index contributed by atoms with van der Waals surface area (Å²) in [5, 5.41) is 4.24. The Labute approximate surface area is 201 Å². The molecule has 0 saturated carbocycles. The molecule has 0 amide bonds. The van der Waals surface area contributed by atoms with Crippen LogP contribution in [0.4, 0.5) is 5.69 Å². The Morgan fingerprint density at radius 1 is 1.09 bits per heavy atom. The second-order valence-electron chi connectivity index (χ2n) is 7.96. The first kappa shape index (κ1) is 21.0. The molecule has 4 heterocycles. The third kappa shape index (κ3) is 3.76. The fourth-order valence-electron chi connectivity index (χ4n) is 4.48. The van der Waals surface area contributed by atoms with E-state index in [0.29, 0.717) is 11.7 Å². The lowest BCUT2D eigenvalue weighted by Crippen LogP contribution is -2.29. The number of aromatic nitrogens is 2. The van der Waals surface area contributed by atoms with E-state index in [1.165, 1.54) is 17.0 Å². The molecule has 0 bridgehead atoms. The zero-order valence-corrected chi connectivity index (χ0v) is 20.2. The third-order valence-corrected chi connectivity index (χ3v) is 6.87. The Morgan fingerprint density at radius 2 is 1.91 bits per heavy atom. The number of aryl methyl sites for hydroxylation is 1. The maximum atomic E-state index is 5.84. The topological polar surface area (TPSA) is 46.2 Å². The van der Waals surface area contributed by atoms with Crippen LogP contribution in [0.15, 0.2) is 82.0 Å². The summed E-state index contributed by atoms with van der Waals surface area (Å²) in [6.45, 7) is 5.00. The monoisotopic (exact) mass is 506 g/mol. The first-order chi connectivity index (χ1) is 15.5. The van der Waals surface area contributed by atoms with Gasteiger partial charge in [0, 0.05) is 27.7 Å². The summed E-state index contributed by atoms with van der Waals surface area (Å²) >= 11 is 9.38. The number of hydrogen-bond acceptors (Lipinski definition) is 3. The molecule has 1 N–H and O–H groups in total. The molecule has 3 aromatic heterocycles. The molecule has 1 aliphatic rings. The number of rotatable bonds is 5. The lowest BCUT2D eigenvalue weighted by molar-refractivity contribution is 0.488. The van der Waals surface area contributed by atoms with Crippen LogP contribution >= 0.6 is 28.1 Å². The van der Waals surface area contributed by atoms with Crippen LogP contribution in [0.25, 0.3) is 0 Å². The van der Waals surface area contributed by atoms with Gasteiger partial charge in [-0.15, -0.1) is 0 Å². The largest absolute Gasteiger partial charge is 0.467 e. The van der Waals surface area contributed by atoms with Crippen LogP contribution in [-0.2, 0) is 6.54 Å². The van der Waals surface area contributed by atoms with Crippen LogP contribution in [0, 0.1) is 13.8 Å². The molecule has 1 aliphatic heterocycles. The average Bonchev–Trinajstić information content (AvgIpc) is 3.50. The first-order valence-electron chi connectivity index (χ1n) is 10.5. The van der Waals surface area contributed by atoms with Gasteiger partial charge in [0.2, 0.25) is 0 Å². The maximum Gasteiger partial charge on any atom is 0.174 e. The van der Waals surface area contributed by atoms with Crippen molar-refractivity contribution in [3.63, 3.8) is 0 Å². The Bertz CT molecular complexity index is 1240. The lowest BCUT2D eigenvalue weighted by Gasteiger charge is -2.28. The summed E-state index contributed by atoms with van der Waals surface area (Å²) in [7, 11) is 0. The molecule has 5 rings (SSSR count). The average molecular weight is 507 g/mol. The van der Waals surface area contributed by atoms with Crippen LogP contribution in [-0.4, -0.2) is 14.7 Å². The summed E-state index contributed by atoms with van der Waals surface area (Å²) in [6, 6.07) is 20.4.